The Bertz CT molecular complexity index is 1090. The van der Waals surface area contributed by atoms with Crippen molar-refractivity contribution >= 4 is 36.2 Å². The van der Waals surface area contributed by atoms with Gasteiger partial charge in [-0.2, -0.15) is 0 Å². The molecule has 0 aliphatic heterocycles. The van der Waals surface area contributed by atoms with E-state index in [-0.39, 0.29) is 5.75 Å². The van der Waals surface area contributed by atoms with Crippen LogP contribution in [0.25, 0.3) is 16.7 Å². The quantitative estimate of drug-likeness (QED) is 0.301. The number of phenolic OH excluding ortho intramolecular Hbond substituents is 1. The number of nitrogens with zero attached hydrogens (tertiary/aromatic N) is 3. The second-order valence-corrected chi connectivity index (χ2v) is 24.4. The van der Waals surface area contributed by atoms with Gasteiger partial charge in [0.1, 0.15) is 22.5 Å². The van der Waals surface area contributed by atoms with Gasteiger partial charge in [-0.05, 0) is 113 Å². The van der Waals surface area contributed by atoms with Gasteiger partial charge >= 0.3 is 8.56 Å². The minimum absolute atomic E-state index is 0.205. The number of aromatic nitrogens is 3. The summed E-state index contributed by atoms with van der Waals surface area (Å²) in [5.41, 5.74) is 4.53. The molecule has 186 valence electrons. The van der Waals surface area contributed by atoms with E-state index in [0.717, 1.165) is 41.0 Å². The number of hydrogen-bond acceptors (Lipinski definition) is 5. The topological polar surface area (TPSA) is 69.4 Å². The van der Waals surface area contributed by atoms with Crippen LogP contribution in [0.4, 0.5) is 0 Å². The molecule has 3 rings (SSSR count). The Balaban J connectivity index is 1.72. The van der Waals surface area contributed by atoms with Crippen molar-refractivity contribution < 1.29 is 13.3 Å². The van der Waals surface area contributed by atoms with E-state index in [1.165, 1.54) is 4.80 Å². The molecule has 0 radical (unpaired) electrons. The average Bonchev–Trinajstić information content (AvgIpc) is 3.08. The number of hydrogen-bond donors (Lipinski definition) is 1. The van der Waals surface area contributed by atoms with Gasteiger partial charge in [-0.3, -0.25) is 0 Å². The Hall–Kier alpha value is -1.79. The predicted octanol–water partition coefficient (Wildman–Crippen LogP) is 6.78. The van der Waals surface area contributed by atoms with E-state index in [9.17, 15) is 5.11 Å². The average molecular weight is 516 g/mol. The summed E-state index contributed by atoms with van der Waals surface area (Å²) in [5, 5.41) is 19.8. The monoisotopic (exact) mass is 515 g/mol. The molecule has 0 amide bonds. The highest BCUT2D eigenvalue weighted by atomic mass is 28.5. The summed E-state index contributed by atoms with van der Waals surface area (Å²) < 4.78 is 13.4. The Morgan fingerprint density at radius 1 is 0.912 bits per heavy atom. The zero-order valence-electron chi connectivity index (χ0n) is 22.3. The van der Waals surface area contributed by atoms with Crippen LogP contribution < -0.4 is 0 Å². The number of aryl methyl sites for hydroxylation is 2. The number of rotatable bonds is 10. The first-order chi connectivity index (χ1) is 15.6. The van der Waals surface area contributed by atoms with Crippen molar-refractivity contribution in [1.29, 1.82) is 0 Å². The van der Waals surface area contributed by atoms with Crippen LogP contribution >= 0.6 is 0 Å². The van der Waals surface area contributed by atoms with Crippen LogP contribution in [-0.4, -0.2) is 45.3 Å². The van der Waals surface area contributed by atoms with Crippen molar-refractivity contribution in [3.8, 4) is 11.4 Å². The normalized spacial score (nSPS) is 14.0. The second kappa shape index (κ2) is 10.1. The van der Waals surface area contributed by atoms with E-state index in [2.05, 4.69) is 69.9 Å². The number of benzene rings is 2. The van der Waals surface area contributed by atoms with E-state index >= 15 is 0 Å². The summed E-state index contributed by atoms with van der Waals surface area (Å²) in [6.45, 7) is 20.2. The van der Waals surface area contributed by atoms with Gasteiger partial charge < -0.3 is 13.3 Å². The molecular formula is C25H41N3O3Si3. The number of fused-ring (bicyclic) bond motifs is 1. The lowest BCUT2D eigenvalue weighted by atomic mass is 9.98. The standard InChI is InChI=1S/C25H41N3O3Si3/c1-19(18-34(9,30-32(3,4)5)31-33(6,7)8)14-15-21-17-25(29)24(16-20(21)2)28-26-22-12-10-11-13-23(22)27-28/h10-13,16-17,19,29H,14-15,18H2,1-9H3. The van der Waals surface area contributed by atoms with Crippen molar-refractivity contribution in [2.24, 2.45) is 5.92 Å². The van der Waals surface area contributed by atoms with E-state index in [4.69, 9.17) is 8.23 Å². The first kappa shape index (κ1) is 26.8. The molecule has 34 heavy (non-hydrogen) atoms. The third kappa shape index (κ3) is 7.35. The van der Waals surface area contributed by atoms with Crippen molar-refractivity contribution in [1.82, 2.24) is 15.0 Å². The third-order valence-corrected chi connectivity index (χ3v) is 15.4. The highest BCUT2D eigenvalue weighted by Gasteiger charge is 2.41. The van der Waals surface area contributed by atoms with E-state index in [0.29, 0.717) is 11.6 Å². The molecule has 0 spiro atoms. The fourth-order valence-corrected chi connectivity index (χ4v) is 17.7. The zero-order chi connectivity index (χ0) is 25.3. The van der Waals surface area contributed by atoms with Crippen LogP contribution in [-0.2, 0) is 14.7 Å². The van der Waals surface area contributed by atoms with Gasteiger partial charge in [0.2, 0.25) is 0 Å². The number of phenols is 1. The molecule has 1 N–H and O–H groups in total. The van der Waals surface area contributed by atoms with Crippen molar-refractivity contribution in [3.05, 3.63) is 47.5 Å². The summed E-state index contributed by atoms with van der Waals surface area (Å²) in [7, 11) is -5.67. The van der Waals surface area contributed by atoms with Gasteiger partial charge in [-0.15, -0.1) is 15.0 Å². The first-order valence-corrected chi connectivity index (χ1v) is 21.5. The van der Waals surface area contributed by atoms with Crippen LogP contribution in [0.5, 0.6) is 5.75 Å². The summed E-state index contributed by atoms with van der Waals surface area (Å²) in [5.74, 6) is 0.681. The predicted molar refractivity (Wildman–Crippen MR) is 148 cm³/mol. The molecule has 0 fully saturated rings. The molecule has 0 bridgehead atoms. The smallest absolute Gasteiger partial charge is 0.314 e. The molecule has 1 aromatic heterocycles. The van der Waals surface area contributed by atoms with Crippen molar-refractivity contribution in [2.45, 2.75) is 78.6 Å². The first-order valence-electron chi connectivity index (χ1n) is 12.2. The summed E-state index contributed by atoms with van der Waals surface area (Å²) in [6, 6.07) is 12.6. The highest BCUT2D eigenvalue weighted by Crippen LogP contribution is 2.31. The van der Waals surface area contributed by atoms with Gasteiger partial charge in [0.15, 0.2) is 16.6 Å². The largest absolute Gasteiger partial charge is 0.506 e. The fraction of sp³-hybridized carbons (Fsp3) is 0.520. The Morgan fingerprint density at radius 3 is 1.94 bits per heavy atom. The molecule has 1 unspecified atom stereocenters. The van der Waals surface area contributed by atoms with Crippen LogP contribution in [0, 0.1) is 12.8 Å². The van der Waals surface area contributed by atoms with Crippen LogP contribution in [0.1, 0.15) is 24.5 Å². The third-order valence-electron chi connectivity index (χ3n) is 5.61. The van der Waals surface area contributed by atoms with E-state index < -0.39 is 25.2 Å². The molecule has 3 aromatic rings. The molecule has 0 aliphatic rings. The summed E-state index contributed by atoms with van der Waals surface area (Å²) >= 11 is 0. The molecule has 2 aromatic carbocycles. The van der Waals surface area contributed by atoms with Gasteiger partial charge in [-0.25, -0.2) is 0 Å². The van der Waals surface area contributed by atoms with Gasteiger partial charge in [0, 0.05) is 0 Å². The molecule has 6 nitrogen and oxygen atoms in total. The number of aromatic hydroxyl groups is 1. The Morgan fingerprint density at radius 2 is 1.44 bits per heavy atom. The highest BCUT2D eigenvalue weighted by molar-refractivity contribution is 6.87. The lowest BCUT2D eigenvalue weighted by Gasteiger charge is -2.39. The van der Waals surface area contributed by atoms with Gasteiger partial charge in [0.25, 0.3) is 0 Å². The lowest BCUT2D eigenvalue weighted by molar-refractivity contribution is 0.366. The molecule has 1 heterocycles. The van der Waals surface area contributed by atoms with Crippen LogP contribution in [0.15, 0.2) is 36.4 Å². The molecule has 0 aliphatic carbocycles. The van der Waals surface area contributed by atoms with Crippen molar-refractivity contribution in [2.75, 3.05) is 0 Å². The minimum Gasteiger partial charge on any atom is -0.506 e. The SMILES string of the molecule is Cc1cc(-n2nc3ccccc3n2)c(O)cc1CCC(C)C[Si](C)(O[Si](C)(C)C)O[Si](C)(C)C. The van der Waals surface area contributed by atoms with Crippen LogP contribution in [0.2, 0.25) is 51.9 Å². The molecule has 0 saturated carbocycles. The fourth-order valence-electron chi connectivity index (χ4n) is 4.66. The van der Waals surface area contributed by atoms with Gasteiger partial charge in [0.05, 0.1) is 0 Å². The maximum atomic E-state index is 10.8. The maximum Gasteiger partial charge on any atom is 0.314 e. The van der Waals surface area contributed by atoms with Crippen LogP contribution in [0.3, 0.4) is 0 Å². The lowest BCUT2D eigenvalue weighted by Crippen LogP contribution is -2.53. The summed E-state index contributed by atoms with van der Waals surface area (Å²) in [4.78, 5) is 1.53. The minimum atomic E-state index is -2.26. The summed E-state index contributed by atoms with van der Waals surface area (Å²) in [6.07, 6.45) is 1.93. The Kier molecular flexibility index (Phi) is 7.93. The van der Waals surface area contributed by atoms with E-state index in [1.807, 2.05) is 36.4 Å². The van der Waals surface area contributed by atoms with Gasteiger partial charge in [-0.1, -0.05) is 19.1 Å². The van der Waals surface area contributed by atoms with Crippen molar-refractivity contribution in [3.63, 3.8) is 0 Å². The second-order valence-electron chi connectivity index (χ2n) is 11.7. The Labute approximate surface area is 207 Å². The maximum absolute atomic E-state index is 10.8. The molecule has 0 saturated heterocycles. The zero-order valence-corrected chi connectivity index (χ0v) is 25.3. The molecule has 9 heteroatoms. The van der Waals surface area contributed by atoms with E-state index in [1.54, 1.807) is 0 Å². The molecule has 1 atom stereocenters. The molecular weight excluding hydrogens is 475 g/mol.